The van der Waals surface area contributed by atoms with Crippen LogP contribution in [0.1, 0.15) is 37.0 Å². The molecule has 2 rings (SSSR count). The highest BCUT2D eigenvalue weighted by Gasteiger charge is 2.23. The highest BCUT2D eigenvalue weighted by atomic mass is 16.5. The molecule has 5 nitrogen and oxygen atoms in total. The van der Waals surface area contributed by atoms with Crippen molar-refractivity contribution in [3.05, 3.63) is 30.0 Å². The van der Waals surface area contributed by atoms with Crippen LogP contribution in [-0.2, 0) is 11.2 Å². The average molecular weight is 263 g/mol. The summed E-state index contributed by atoms with van der Waals surface area (Å²) in [4.78, 5) is 16.2. The SMILES string of the molecule is CCOC(=O)c1oc(-c2ccoc2)nc1CC(C)C. The summed E-state index contributed by atoms with van der Waals surface area (Å²) in [5.41, 5.74) is 1.34. The van der Waals surface area contributed by atoms with Crippen LogP contribution in [0.3, 0.4) is 0 Å². The van der Waals surface area contributed by atoms with E-state index in [9.17, 15) is 4.79 Å². The number of furan rings is 1. The second-order valence-corrected chi connectivity index (χ2v) is 4.63. The van der Waals surface area contributed by atoms with E-state index in [1.54, 1.807) is 13.0 Å². The third kappa shape index (κ3) is 3.05. The van der Waals surface area contributed by atoms with Gasteiger partial charge in [-0.2, -0.15) is 0 Å². The summed E-state index contributed by atoms with van der Waals surface area (Å²) in [5.74, 6) is 0.468. The summed E-state index contributed by atoms with van der Waals surface area (Å²) in [6.07, 6.45) is 3.72. The van der Waals surface area contributed by atoms with Gasteiger partial charge in [-0.15, -0.1) is 0 Å². The molecule has 0 saturated heterocycles. The smallest absolute Gasteiger partial charge is 0.376 e. The minimum absolute atomic E-state index is 0.187. The molecule has 0 radical (unpaired) electrons. The lowest BCUT2D eigenvalue weighted by atomic mass is 10.1. The number of carbonyl (C=O) groups excluding carboxylic acids is 1. The van der Waals surface area contributed by atoms with E-state index in [-0.39, 0.29) is 5.76 Å². The molecule has 0 unspecified atom stereocenters. The van der Waals surface area contributed by atoms with E-state index in [1.165, 1.54) is 12.5 Å². The highest BCUT2D eigenvalue weighted by Crippen LogP contribution is 2.24. The molecule has 2 aromatic heterocycles. The molecule has 0 saturated carbocycles. The molecular formula is C14H17NO4. The Kier molecular flexibility index (Phi) is 4.04. The van der Waals surface area contributed by atoms with Crippen molar-refractivity contribution in [3.8, 4) is 11.5 Å². The maximum atomic E-state index is 11.9. The molecule has 0 aliphatic rings. The van der Waals surface area contributed by atoms with Gasteiger partial charge in [-0.05, 0) is 25.3 Å². The van der Waals surface area contributed by atoms with Crippen molar-refractivity contribution in [3.63, 3.8) is 0 Å². The Morgan fingerprint density at radius 1 is 1.47 bits per heavy atom. The first-order valence-corrected chi connectivity index (χ1v) is 6.31. The second-order valence-electron chi connectivity index (χ2n) is 4.63. The number of hydrogen-bond acceptors (Lipinski definition) is 5. The van der Waals surface area contributed by atoms with Gasteiger partial charge in [0.1, 0.15) is 6.26 Å². The van der Waals surface area contributed by atoms with Crippen LogP contribution < -0.4 is 0 Å². The summed E-state index contributed by atoms with van der Waals surface area (Å²) < 4.78 is 15.5. The van der Waals surface area contributed by atoms with Crippen LogP contribution in [-0.4, -0.2) is 17.6 Å². The number of rotatable bonds is 5. The van der Waals surface area contributed by atoms with Crippen molar-refractivity contribution < 1.29 is 18.4 Å². The van der Waals surface area contributed by atoms with Gasteiger partial charge in [-0.1, -0.05) is 13.8 Å². The Morgan fingerprint density at radius 2 is 2.26 bits per heavy atom. The maximum absolute atomic E-state index is 11.9. The van der Waals surface area contributed by atoms with Crippen LogP contribution in [0.15, 0.2) is 27.4 Å². The van der Waals surface area contributed by atoms with Crippen molar-refractivity contribution in [2.45, 2.75) is 27.2 Å². The van der Waals surface area contributed by atoms with Crippen LogP contribution in [0.5, 0.6) is 0 Å². The van der Waals surface area contributed by atoms with Gasteiger partial charge in [0.05, 0.1) is 24.1 Å². The summed E-state index contributed by atoms with van der Waals surface area (Å²) >= 11 is 0. The number of hydrogen-bond donors (Lipinski definition) is 0. The number of carbonyl (C=O) groups is 1. The minimum atomic E-state index is -0.472. The Balaban J connectivity index is 2.36. The third-order valence-corrected chi connectivity index (χ3v) is 2.53. The van der Waals surface area contributed by atoms with E-state index in [0.717, 1.165) is 0 Å². The van der Waals surface area contributed by atoms with Gasteiger partial charge in [-0.3, -0.25) is 0 Å². The molecule has 2 aromatic rings. The Morgan fingerprint density at radius 3 is 2.84 bits per heavy atom. The molecule has 0 fully saturated rings. The van der Waals surface area contributed by atoms with Crippen LogP contribution in [0.2, 0.25) is 0 Å². The molecule has 0 atom stereocenters. The van der Waals surface area contributed by atoms with Gasteiger partial charge in [0.15, 0.2) is 0 Å². The zero-order valence-electron chi connectivity index (χ0n) is 11.3. The van der Waals surface area contributed by atoms with Crippen LogP contribution >= 0.6 is 0 Å². The number of oxazole rings is 1. The second kappa shape index (κ2) is 5.73. The first-order valence-electron chi connectivity index (χ1n) is 6.31. The quantitative estimate of drug-likeness (QED) is 0.774. The summed E-state index contributed by atoms with van der Waals surface area (Å²) in [7, 11) is 0. The molecule has 0 amide bonds. The first-order chi connectivity index (χ1) is 9.11. The fraction of sp³-hybridized carbons (Fsp3) is 0.429. The molecule has 0 aromatic carbocycles. The van der Waals surface area contributed by atoms with Gasteiger partial charge in [-0.25, -0.2) is 9.78 Å². The standard InChI is InChI=1S/C14H17NO4/c1-4-18-14(16)12-11(7-9(2)3)15-13(19-12)10-5-6-17-8-10/h5-6,8-9H,4,7H2,1-3H3. The van der Waals surface area contributed by atoms with E-state index < -0.39 is 5.97 Å². The zero-order valence-corrected chi connectivity index (χ0v) is 11.3. The highest BCUT2D eigenvalue weighted by molar-refractivity contribution is 5.88. The molecule has 5 heteroatoms. The first kappa shape index (κ1) is 13.4. The van der Waals surface area contributed by atoms with Gasteiger partial charge in [0.25, 0.3) is 0 Å². The number of nitrogens with zero attached hydrogens (tertiary/aromatic N) is 1. The van der Waals surface area contributed by atoms with Crippen LogP contribution in [0, 0.1) is 5.92 Å². The van der Waals surface area contributed by atoms with Crippen molar-refractivity contribution in [2.24, 2.45) is 5.92 Å². The van der Waals surface area contributed by atoms with Gasteiger partial charge < -0.3 is 13.6 Å². The van der Waals surface area contributed by atoms with Crippen molar-refractivity contribution in [1.82, 2.24) is 4.98 Å². The van der Waals surface area contributed by atoms with Crippen LogP contribution in [0.4, 0.5) is 0 Å². The predicted molar refractivity (Wildman–Crippen MR) is 68.7 cm³/mol. The monoisotopic (exact) mass is 263 g/mol. The molecule has 2 heterocycles. The Labute approximate surface area is 111 Å². The lowest BCUT2D eigenvalue weighted by Gasteiger charge is -2.02. The van der Waals surface area contributed by atoms with Crippen molar-refractivity contribution >= 4 is 5.97 Å². The van der Waals surface area contributed by atoms with E-state index in [2.05, 4.69) is 18.8 Å². The molecule has 0 spiro atoms. The lowest BCUT2D eigenvalue weighted by molar-refractivity contribution is 0.0489. The third-order valence-electron chi connectivity index (χ3n) is 2.53. The maximum Gasteiger partial charge on any atom is 0.376 e. The summed E-state index contributed by atoms with van der Waals surface area (Å²) in [6.45, 7) is 6.18. The fourth-order valence-corrected chi connectivity index (χ4v) is 1.74. The van der Waals surface area contributed by atoms with Gasteiger partial charge >= 0.3 is 5.97 Å². The lowest BCUT2D eigenvalue weighted by Crippen LogP contribution is -2.08. The van der Waals surface area contributed by atoms with Crippen molar-refractivity contribution in [2.75, 3.05) is 6.61 Å². The van der Waals surface area contributed by atoms with E-state index >= 15 is 0 Å². The number of esters is 1. The number of aromatic nitrogens is 1. The molecule has 0 N–H and O–H groups in total. The Hall–Kier alpha value is -2.04. The molecule has 0 bridgehead atoms. The van der Waals surface area contributed by atoms with Gasteiger partial charge in [0.2, 0.25) is 11.7 Å². The Bertz CT molecular complexity index is 540. The largest absolute Gasteiger partial charge is 0.472 e. The molecule has 102 valence electrons. The normalized spacial score (nSPS) is 10.9. The zero-order chi connectivity index (χ0) is 13.8. The van der Waals surface area contributed by atoms with E-state index in [4.69, 9.17) is 13.6 Å². The van der Waals surface area contributed by atoms with Gasteiger partial charge in [0, 0.05) is 0 Å². The summed E-state index contributed by atoms with van der Waals surface area (Å²) in [5, 5.41) is 0. The van der Waals surface area contributed by atoms with Crippen LogP contribution in [0.25, 0.3) is 11.5 Å². The van der Waals surface area contributed by atoms with E-state index in [1.807, 2.05) is 0 Å². The molecular weight excluding hydrogens is 246 g/mol. The van der Waals surface area contributed by atoms with E-state index in [0.29, 0.717) is 36.1 Å². The molecule has 0 aliphatic carbocycles. The average Bonchev–Trinajstić information content (AvgIpc) is 2.96. The van der Waals surface area contributed by atoms with Crippen molar-refractivity contribution in [1.29, 1.82) is 0 Å². The topological polar surface area (TPSA) is 65.5 Å². The molecule has 0 aliphatic heterocycles. The predicted octanol–water partition coefficient (Wildman–Crippen LogP) is 3.31. The molecule has 19 heavy (non-hydrogen) atoms. The summed E-state index contributed by atoms with van der Waals surface area (Å²) in [6, 6.07) is 1.74. The fourth-order valence-electron chi connectivity index (χ4n) is 1.74. The minimum Gasteiger partial charge on any atom is -0.472 e. The number of ether oxygens (including phenoxy) is 1.